The van der Waals surface area contributed by atoms with Crippen molar-refractivity contribution in [2.75, 3.05) is 0 Å². The minimum atomic E-state index is -1.14. The molecule has 2 aromatic rings. The van der Waals surface area contributed by atoms with Crippen LogP contribution >= 0.6 is 11.0 Å². The van der Waals surface area contributed by atoms with Gasteiger partial charge in [0.15, 0.2) is 0 Å². The van der Waals surface area contributed by atoms with E-state index in [9.17, 15) is 9.59 Å². The number of esters is 2. The molecule has 9 heteroatoms. The van der Waals surface area contributed by atoms with Crippen LogP contribution in [0.1, 0.15) is 25.0 Å². The van der Waals surface area contributed by atoms with E-state index in [-0.39, 0.29) is 11.8 Å². The molecule has 0 amide bonds. The number of carbonyl (C=O) groups is 2. The molecule has 28 heavy (non-hydrogen) atoms. The third kappa shape index (κ3) is 3.52. The van der Waals surface area contributed by atoms with E-state index in [2.05, 4.69) is 9.98 Å². The molecule has 0 bridgehead atoms. The lowest BCUT2D eigenvalue weighted by atomic mass is 10.2. The van der Waals surface area contributed by atoms with E-state index in [0.717, 1.165) is 0 Å². The highest BCUT2D eigenvalue weighted by Crippen LogP contribution is 2.37. The lowest BCUT2D eigenvalue weighted by molar-refractivity contribution is -0.132. The number of para-hydroxylation sites is 2. The SMILES string of the molecule is CC(=O)Oc1ccccc1C1=NC2=S(O1)OC(c1ccccc1OC(C)=O)=N2. The number of nitrogens with zero attached hydrogens (tertiary/aromatic N) is 2. The highest BCUT2D eigenvalue weighted by molar-refractivity contribution is 8.08. The standard InChI is InChI=1S/C19H14N2O6S/c1-11(22)24-15-9-5-3-7-13(15)17-20-19-21-18(27-28(19)26-17)14-8-4-6-10-16(14)25-12(2)23/h3-10H,1-2H3. The molecule has 0 spiro atoms. The fraction of sp³-hybridized carbons (Fsp3) is 0.105. The Morgan fingerprint density at radius 1 is 0.786 bits per heavy atom. The van der Waals surface area contributed by atoms with Crippen LogP contribution in [0.3, 0.4) is 0 Å². The highest BCUT2D eigenvalue weighted by Gasteiger charge is 2.32. The Hall–Kier alpha value is -3.46. The van der Waals surface area contributed by atoms with Gasteiger partial charge in [-0.25, -0.2) is 0 Å². The first-order valence-electron chi connectivity index (χ1n) is 8.22. The summed E-state index contributed by atoms with van der Waals surface area (Å²) in [6.07, 6.45) is 0. The second kappa shape index (κ2) is 7.28. The molecule has 2 heterocycles. The Bertz CT molecular complexity index is 1010. The zero-order valence-corrected chi connectivity index (χ0v) is 15.7. The van der Waals surface area contributed by atoms with Crippen molar-refractivity contribution in [3.63, 3.8) is 0 Å². The van der Waals surface area contributed by atoms with Crippen LogP contribution in [-0.2, 0) is 18.0 Å². The molecule has 2 aliphatic heterocycles. The number of rotatable bonds is 4. The van der Waals surface area contributed by atoms with Gasteiger partial charge in [0.2, 0.25) is 22.8 Å². The maximum atomic E-state index is 11.3. The molecule has 0 aliphatic carbocycles. The Balaban J connectivity index is 1.62. The molecule has 2 aromatic carbocycles. The molecule has 0 aromatic heterocycles. The Labute approximate surface area is 162 Å². The van der Waals surface area contributed by atoms with Gasteiger partial charge in [-0.15, -0.1) is 0 Å². The topological polar surface area (TPSA) is 95.8 Å². The van der Waals surface area contributed by atoms with Crippen molar-refractivity contribution in [2.45, 2.75) is 13.8 Å². The molecular weight excluding hydrogens is 384 g/mol. The van der Waals surface area contributed by atoms with E-state index in [1.54, 1.807) is 48.5 Å². The normalized spacial score (nSPS) is 15.1. The number of hydrogen-bond acceptors (Lipinski definition) is 8. The lowest BCUT2D eigenvalue weighted by Crippen LogP contribution is -2.11. The molecule has 0 atom stereocenters. The summed E-state index contributed by atoms with van der Waals surface area (Å²) in [5.41, 5.74) is 1.04. The van der Waals surface area contributed by atoms with Gasteiger partial charge in [0.25, 0.3) is 5.11 Å². The largest absolute Gasteiger partial charge is 0.426 e. The molecule has 0 N–H and O–H groups in total. The number of carbonyl (C=O) groups excluding carboxylic acids is 2. The van der Waals surface area contributed by atoms with E-state index >= 15 is 0 Å². The Kier molecular flexibility index (Phi) is 4.66. The minimum Gasteiger partial charge on any atom is -0.426 e. The third-order valence-electron chi connectivity index (χ3n) is 3.60. The van der Waals surface area contributed by atoms with E-state index in [4.69, 9.17) is 17.8 Å². The summed E-state index contributed by atoms with van der Waals surface area (Å²) in [6, 6.07) is 13.8. The molecule has 0 unspecified atom stereocenters. The lowest BCUT2D eigenvalue weighted by Gasteiger charge is -2.11. The quantitative estimate of drug-likeness (QED) is 0.446. The maximum Gasteiger partial charge on any atom is 0.308 e. The predicted molar refractivity (Wildman–Crippen MR) is 103 cm³/mol. The summed E-state index contributed by atoms with van der Waals surface area (Å²) >= 11 is -1.14. The van der Waals surface area contributed by atoms with Crippen LogP contribution < -0.4 is 9.47 Å². The number of aliphatic imine (C=N–C) groups is 2. The summed E-state index contributed by atoms with van der Waals surface area (Å²) in [7, 11) is 0. The van der Waals surface area contributed by atoms with E-state index in [0.29, 0.717) is 27.7 Å². The fourth-order valence-corrected chi connectivity index (χ4v) is 3.57. The monoisotopic (exact) mass is 398 g/mol. The van der Waals surface area contributed by atoms with Crippen molar-refractivity contribution in [3.8, 4) is 11.5 Å². The summed E-state index contributed by atoms with van der Waals surface area (Å²) in [6.45, 7) is 2.64. The zero-order chi connectivity index (χ0) is 19.7. The summed E-state index contributed by atoms with van der Waals surface area (Å²) in [5.74, 6) is 0.296. The van der Waals surface area contributed by atoms with Crippen molar-refractivity contribution in [3.05, 3.63) is 59.7 Å². The van der Waals surface area contributed by atoms with E-state index < -0.39 is 23.0 Å². The van der Waals surface area contributed by atoms with Crippen molar-refractivity contribution in [1.82, 2.24) is 0 Å². The molecule has 0 saturated heterocycles. The van der Waals surface area contributed by atoms with Gasteiger partial charge in [-0.05, 0) is 24.3 Å². The number of ether oxygens (including phenoxy) is 2. The molecule has 142 valence electrons. The van der Waals surface area contributed by atoms with Crippen LogP contribution in [0.25, 0.3) is 0 Å². The zero-order valence-electron chi connectivity index (χ0n) is 14.9. The van der Waals surface area contributed by atoms with Crippen molar-refractivity contribution in [1.29, 1.82) is 0 Å². The Morgan fingerprint density at radius 3 is 1.61 bits per heavy atom. The average Bonchev–Trinajstić information content (AvgIpc) is 3.20. The molecule has 0 fully saturated rings. The highest BCUT2D eigenvalue weighted by atomic mass is 32.2. The fourth-order valence-electron chi connectivity index (χ4n) is 2.53. The van der Waals surface area contributed by atoms with Crippen LogP contribution in [0.2, 0.25) is 0 Å². The molecule has 4 rings (SSSR count). The molecule has 0 saturated carbocycles. The second-order valence-electron chi connectivity index (χ2n) is 5.70. The van der Waals surface area contributed by atoms with E-state index in [1.807, 2.05) is 0 Å². The summed E-state index contributed by atoms with van der Waals surface area (Å²) < 4.78 is 21.9. The second-order valence-corrected chi connectivity index (χ2v) is 6.87. The maximum absolute atomic E-state index is 11.3. The van der Waals surface area contributed by atoms with Crippen LogP contribution in [0.5, 0.6) is 11.5 Å². The Morgan fingerprint density at radius 2 is 1.21 bits per heavy atom. The van der Waals surface area contributed by atoms with Gasteiger partial charge in [0.05, 0.1) is 11.1 Å². The first-order valence-corrected chi connectivity index (χ1v) is 9.29. The van der Waals surface area contributed by atoms with Crippen molar-refractivity contribution < 1.29 is 27.4 Å². The third-order valence-corrected chi connectivity index (χ3v) is 4.69. The number of hydrogen-bond donors (Lipinski definition) is 0. The van der Waals surface area contributed by atoms with Gasteiger partial charge < -0.3 is 17.8 Å². The molecule has 2 aliphatic rings. The van der Waals surface area contributed by atoms with Crippen molar-refractivity contribution in [2.24, 2.45) is 9.98 Å². The van der Waals surface area contributed by atoms with Gasteiger partial charge in [-0.3, -0.25) is 9.59 Å². The van der Waals surface area contributed by atoms with Gasteiger partial charge in [0, 0.05) is 13.8 Å². The smallest absolute Gasteiger partial charge is 0.308 e. The molecule has 0 radical (unpaired) electrons. The van der Waals surface area contributed by atoms with Crippen LogP contribution in [0.4, 0.5) is 0 Å². The van der Waals surface area contributed by atoms with Crippen molar-refractivity contribution >= 4 is 39.9 Å². The van der Waals surface area contributed by atoms with Gasteiger partial charge in [-0.1, -0.05) is 24.3 Å². The van der Waals surface area contributed by atoms with Crippen LogP contribution in [0, 0.1) is 0 Å². The summed E-state index contributed by atoms with van der Waals surface area (Å²) in [5, 5.41) is 0.347. The summed E-state index contributed by atoms with van der Waals surface area (Å²) in [4.78, 5) is 31.3. The molecule has 8 nitrogen and oxygen atoms in total. The van der Waals surface area contributed by atoms with Gasteiger partial charge in [0.1, 0.15) is 11.5 Å². The molecular formula is C19H14N2O6S. The average molecular weight is 398 g/mol. The minimum absolute atomic E-state index is 0.256. The predicted octanol–water partition coefficient (Wildman–Crippen LogP) is 2.98. The first-order chi connectivity index (χ1) is 13.5. The van der Waals surface area contributed by atoms with Gasteiger partial charge >= 0.3 is 11.9 Å². The first kappa shape index (κ1) is 17.9. The van der Waals surface area contributed by atoms with E-state index in [1.165, 1.54) is 13.8 Å². The van der Waals surface area contributed by atoms with Crippen LogP contribution in [-0.4, -0.2) is 28.8 Å². The van der Waals surface area contributed by atoms with Gasteiger partial charge in [-0.2, -0.15) is 9.98 Å². The van der Waals surface area contributed by atoms with Crippen LogP contribution in [0.15, 0.2) is 58.5 Å². The number of benzene rings is 2.